The van der Waals surface area contributed by atoms with E-state index in [1.165, 1.54) is 6.07 Å². The fraction of sp³-hybridized carbons (Fsp3) is 0.385. The zero-order valence-electron chi connectivity index (χ0n) is 10.0. The summed E-state index contributed by atoms with van der Waals surface area (Å²) in [5.74, 6) is -1.28. The second-order valence-corrected chi connectivity index (χ2v) is 4.34. The molecule has 0 aliphatic rings. The van der Waals surface area contributed by atoms with E-state index >= 15 is 0 Å². The average Bonchev–Trinajstić information content (AvgIpc) is 2.24. The zero-order chi connectivity index (χ0) is 13.9. The van der Waals surface area contributed by atoms with Crippen molar-refractivity contribution in [1.82, 2.24) is 0 Å². The molecule has 1 unspecified atom stereocenters. The number of alkyl halides is 3. The van der Waals surface area contributed by atoms with Crippen LogP contribution in [-0.4, -0.2) is 0 Å². The van der Waals surface area contributed by atoms with Gasteiger partial charge in [0.15, 0.2) is 0 Å². The first-order valence-electron chi connectivity index (χ1n) is 5.48. The maximum Gasteiger partial charge on any atom is 0.419 e. The molecule has 1 aromatic carbocycles. The molecule has 1 rings (SSSR count). The maximum atomic E-state index is 13.1. The highest BCUT2D eigenvalue weighted by molar-refractivity contribution is 5.29. The molecule has 100 valence electrons. The Labute approximate surface area is 103 Å². The minimum Gasteiger partial charge on any atom is -0.324 e. The molecule has 0 aliphatic heterocycles. The van der Waals surface area contributed by atoms with E-state index in [0.717, 1.165) is 17.7 Å². The predicted octanol–water partition coefficient (Wildman–Crippen LogP) is 4.20. The highest BCUT2D eigenvalue weighted by Crippen LogP contribution is 2.33. The van der Waals surface area contributed by atoms with Gasteiger partial charge in [0.05, 0.1) is 5.56 Å². The third-order valence-electron chi connectivity index (χ3n) is 2.61. The van der Waals surface area contributed by atoms with Crippen LogP contribution in [0.2, 0.25) is 0 Å². The summed E-state index contributed by atoms with van der Waals surface area (Å²) in [4.78, 5) is 0. The minimum atomic E-state index is -4.70. The van der Waals surface area contributed by atoms with Crippen LogP contribution in [0.15, 0.2) is 30.4 Å². The molecule has 0 saturated carbocycles. The maximum absolute atomic E-state index is 13.1. The van der Waals surface area contributed by atoms with Crippen LogP contribution in [-0.2, 0) is 6.18 Å². The topological polar surface area (TPSA) is 26.0 Å². The van der Waals surface area contributed by atoms with Gasteiger partial charge in [0.25, 0.3) is 0 Å². The van der Waals surface area contributed by atoms with Crippen molar-refractivity contribution in [1.29, 1.82) is 0 Å². The molecule has 18 heavy (non-hydrogen) atoms. The summed E-state index contributed by atoms with van der Waals surface area (Å²) in [6.07, 6.45) is -3.59. The lowest BCUT2D eigenvalue weighted by Crippen LogP contribution is -2.14. The van der Waals surface area contributed by atoms with Crippen molar-refractivity contribution in [2.75, 3.05) is 0 Å². The van der Waals surface area contributed by atoms with E-state index in [9.17, 15) is 17.6 Å². The number of benzene rings is 1. The van der Waals surface area contributed by atoms with Crippen molar-refractivity contribution in [3.63, 3.8) is 0 Å². The smallest absolute Gasteiger partial charge is 0.324 e. The number of hydrogen-bond donors (Lipinski definition) is 1. The van der Waals surface area contributed by atoms with Gasteiger partial charge in [-0.2, -0.15) is 13.2 Å². The van der Waals surface area contributed by atoms with Crippen LogP contribution in [0.5, 0.6) is 0 Å². The van der Waals surface area contributed by atoms with Gasteiger partial charge in [-0.1, -0.05) is 11.6 Å². The summed E-state index contributed by atoms with van der Waals surface area (Å²) in [6, 6.07) is 2.31. The first-order chi connectivity index (χ1) is 8.21. The van der Waals surface area contributed by atoms with Crippen LogP contribution in [0.3, 0.4) is 0 Å². The largest absolute Gasteiger partial charge is 0.419 e. The Morgan fingerprint density at radius 2 is 2.00 bits per heavy atom. The molecular weight excluding hydrogens is 246 g/mol. The molecule has 0 saturated heterocycles. The van der Waals surface area contributed by atoms with Gasteiger partial charge in [-0.05, 0) is 37.5 Å². The lowest BCUT2D eigenvalue weighted by molar-refractivity contribution is -0.140. The van der Waals surface area contributed by atoms with Gasteiger partial charge in [0.1, 0.15) is 5.82 Å². The first-order valence-corrected chi connectivity index (χ1v) is 5.48. The average molecular weight is 261 g/mol. The quantitative estimate of drug-likeness (QED) is 0.638. The number of halogens is 4. The molecule has 0 aliphatic carbocycles. The Hall–Kier alpha value is -1.36. The van der Waals surface area contributed by atoms with Crippen LogP contribution >= 0.6 is 0 Å². The van der Waals surface area contributed by atoms with Crippen LogP contribution < -0.4 is 5.73 Å². The third-order valence-corrected chi connectivity index (χ3v) is 2.61. The zero-order valence-corrected chi connectivity index (χ0v) is 10.0. The molecule has 0 aromatic heterocycles. The molecule has 0 heterocycles. The highest BCUT2D eigenvalue weighted by Gasteiger charge is 2.34. The second-order valence-electron chi connectivity index (χ2n) is 4.34. The first kappa shape index (κ1) is 14.7. The Bertz CT molecular complexity index is 437. The van der Waals surface area contributed by atoms with Crippen molar-refractivity contribution in [2.45, 2.75) is 32.0 Å². The van der Waals surface area contributed by atoms with E-state index in [1.54, 1.807) is 0 Å². The van der Waals surface area contributed by atoms with Crippen LogP contribution in [0.25, 0.3) is 0 Å². The van der Waals surface area contributed by atoms with E-state index in [4.69, 9.17) is 5.73 Å². The summed E-state index contributed by atoms with van der Waals surface area (Å²) < 4.78 is 50.6. The van der Waals surface area contributed by atoms with Crippen molar-refractivity contribution in [3.8, 4) is 0 Å². The van der Waals surface area contributed by atoms with Crippen molar-refractivity contribution < 1.29 is 17.6 Å². The molecular formula is C13H15F4N. The highest BCUT2D eigenvalue weighted by atomic mass is 19.4. The van der Waals surface area contributed by atoms with Gasteiger partial charge in [-0.25, -0.2) is 4.39 Å². The molecule has 1 aromatic rings. The molecule has 0 spiro atoms. The summed E-state index contributed by atoms with van der Waals surface area (Å²) >= 11 is 0. The molecule has 1 atom stereocenters. The Morgan fingerprint density at radius 3 is 2.50 bits per heavy atom. The minimum absolute atomic E-state index is 0.282. The number of allylic oxidation sites excluding steroid dienone is 1. The van der Waals surface area contributed by atoms with E-state index < -0.39 is 23.6 Å². The monoisotopic (exact) mass is 261 g/mol. The van der Waals surface area contributed by atoms with E-state index in [-0.39, 0.29) is 5.56 Å². The summed E-state index contributed by atoms with van der Waals surface area (Å²) in [5.41, 5.74) is 5.69. The number of hydrogen-bond acceptors (Lipinski definition) is 1. The fourth-order valence-corrected chi connectivity index (χ4v) is 1.56. The molecule has 5 heteroatoms. The fourth-order valence-electron chi connectivity index (χ4n) is 1.56. The summed E-state index contributed by atoms with van der Waals surface area (Å²) in [5, 5.41) is 0. The molecule has 0 bridgehead atoms. The van der Waals surface area contributed by atoms with Gasteiger partial charge in [0, 0.05) is 6.04 Å². The van der Waals surface area contributed by atoms with Crippen molar-refractivity contribution in [2.24, 2.45) is 5.73 Å². The molecule has 1 nitrogen and oxygen atoms in total. The standard InChI is InChI=1S/C13H15F4N/c1-8(2)3-6-12(18)9-4-5-11(14)10(7-9)13(15,16)17/h4-5,7,12H,1,3,6,18H2,2H3. The second kappa shape index (κ2) is 5.52. The SMILES string of the molecule is C=C(C)CCC(N)c1ccc(F)c(C(F)(F)F)c1. The van der Waals surface area contributed by atoms with Crippen LogP contribution in [0, 0.1) is 5.82 Å². The van der Waals surface area contributed by atoms with E-state index in [1.807, 2.05) is 6.92 Å². The van der Waals surface area contributed by atoms with Crippen molar-refractivity contribution in [3.05, 3.63) is 47.3 Å². The Morgan fingerprint density at radius 1 is 1.39 bits per heavy atom. The number of nitrogens with two attached hydrogens (primary N) is 1. The van der Waals surface area contributed by atoms with Crippen molar-refractivity contribution >= 4 is 0 Å². The molecule has 2 N–H and O–H groups in total. The number of rotatable bonds is 4. The molecule has 0 fully saturated rings. The summed E-state index contributed by atoms with van der Waals surface area (Å²) in [6.45, 7) is 5.51. The van der Waals surface area contributed by atoms with Gasteiger partial charge in [-0.3, -0.25) is 0 Å². The Kier molecular flexibility index (Phi) is 4.51. The van der Waals surface area contributed by atoms with Gasteiger partial charge < -0.3 is 5.73 Å². The molecule has 0 radical (unpaired) electrons. The van der Waals surface area contributed by atoms with Gasteiger partial charge >= 0.3 is 6.18 Å². The van der Waals surface area contributed by atoms with Gasteiger partial charge in [0.2, 0.25) is 0 Å². The summed E-state index contributed by atoms with van der Waals surface area (Å²) in [7, 11) is 0. The predicted molar refractivity (Wildman–Crippen MR) is 62.4 cm³/mol. The lowest BCUT2D eigenvalue weighted by Gasteiger charge is -2.15. The van der Waals surface area contributed by atoms with Crippen LogP contribution in [0.4, 0.5) is 17.6 Å². The van der Waals surface area contributed by atoms with E-state index in [2.05, 4.69) is 6.58 Å². The lowest BCUT2D eigenvalue weighted by atomic mass is 9.98. The van der Waals surface area contributed by atoms with Crippen LogP contribution in [0.1, 0.15) is 36.9 Å². The molecule has 0 amide bonds. The Balaban J connectivity index is 2.94. The van der Waals surface area contributed by atoms with E-state index in [0.29, 0.717) is 12.8 Å². The normalized spacial score (nSPS) is 13.4. The van der Waals surface area contributed by atoms with Gasteiger partial charge in [-0.15, -0.1) is 6.58 Å². The third kappa shape index (κ3) is 3.84.